The smallest absolute Gasteiger partial charge is 0.309 e. The lowest BCUT2D eigenvalue weighted by molar-refractivity contribution is -0.143. The minimum absolute atomic E-state index is 0.0532. The van der Waals surface area contributed by atoms with Gasteiger partial charge in [0, 0.05) is 0 Å². The molecule has 0 aromatic carbocycles. The zero-order chi connectivity index (χ0) is 6.27. The number of rotatable bonds is 0. The predicted molar refractivity (Wildman–Crippen MR) is 31.8 cm³/mol. The molecule has 0 amide bonds. The summed E-state index contributed by atoms with van der Waals surface area (Å²) in [6.45, 7) is 0. The Morgan fingerprint density at radius 3 is 3.00 bits per heavy atom. The van der Waals surface area contributed by atoms with Crippen LogP contribution in [0.1, 0.15) is 25.7 Å². The summed E-state index contributed by atoms with van der Waals surface area (Å²) in [6, 6.07) is 0. The first kappa shape index (κ1) is 5.27. The van der Waals surface area contributed by atoms with Crippen molar-refractivity contribution in [2.24, 2.45) is 5.92 Å². The van der Waals surface area contributed by atoms with Gasteiger partial charge >= 0.3 is 5.97 Å². The van der Waals surface area contributed by atoms with Crippen LogP contribution in [0.15, 0.2) is 0 Å². The van der Waals surface area contributed by atoms with Crippen LogP contribution in [0.5, 0.6) is 0 Å². The summed E-state index contributed by atoms with van der Waals surface area (Å²) in [4.78, 5) is 10.8. The van der Waals surface area contributed by atoms with E-state index in [0.717, 1.165) is 19.3 Å². The third-order valence-electron chi connectivity index (χ3n) is 2.24. The fourth-order valence-electron chi connectivity index (χ4n) is 1.73. The molecule has 2 nitrogen and oxygen atoms in total. The van der Waals surface area contributed by atoms with Gasteiger partial charge in [0.1, 0.15) is 6.10 Å². The van der Waals surface area contributed by atoms with Gasteiger partial charge in [-0.2, -0.15) is 0 Å². The van der Waals surface area contributed by atoms with E-state index in [0.29, 0.717) is 0 Å². The Labute approximate surface area is 54.2 Å². The van der Waals surface area contributed by atoms with E-state index in [1.165, 1.54) is 6.42 Å². The van der Waals surface area contributed by atoms with Crippen LogP contribution in [-0.2, 0) is 9.53 Å². The van der Waals surface area contributed by atoms with Crippen LogP contribution in [0.3, 0.4) is 0 Å². The number of ether oxygens (including phenoxy) is 1. The molecule has 2 aliphatic rings. The van der Waals surface area contributed by atoms with Gasteiger partial charge in [0.05, 0.1) is 5.92 Å². The fourth-order valence-corrected chi connectivity index (χ4v) is 1.73. The van der Waals surface area contributed by atoms with Crippen molar-refractivity contribution in [2.75, 3.05) is 0 Å². The molecule has 1 saturated heterocycles. The fraction of sp³-hybridized carbons (Fsp3) is 0.857. The Balaban J connectivity index is 2.15. The lowest BCUT2D eigenvalue weighted by Gasteiger charge is -2.12. The topological polar surface area (TPSA) is 26.3 Å². The molecule has 0 N–H and O–H groups in total. The molecule has 2 heteroatoms. The second kappa shape index (κ2) is 1.72. The monoisotopic (exact) mass is 126 g/mol. The molecular formula is C7H10O2. The summed E-state index contributed by atoms with van der Waals surface area (Å²) in [5.74, 6) is 0.321. The van der Waals surface area contributed by atoms with E-state index < -0.39 is 0 Å². The minimum Gasteiger partial charge on any atom is -0.462 e. The van der Waals surface area contributed by atoms with Gasteiger partial charge in [0.25, 0.3) is 0 Å². The SMILES string of the molecule is O=C1O[C@H]2CCC[C@@H]1C2. The van der Waals surface area contributed by atoms with E-state index in [-0.39, 0.29) is 18.0 Å². The van der Waals surface area contributed by atoms with Crippen molar-refractivity contribution in [3.63, 3.8) is 0 Å². The van der Waals surface area contributed by atoms with Crippen LogP contribution in [0.4, 0.5) is 0 Å². The number of hydrogen-bond donors (Lipinski definition) is 0. The number of carbonyl (C=O) groups excluding carboxylic acids is 1. The van der Waals surface area contributed by atoms with Gasteiger partial charge in [-0.15, -0.1) is 0 Å². The third kappa shape index (κ3) is 0.732. The maximum absolute atomic E-state index is 10.8. The Morgan fingerprint density at radius 2 is 2.33 bits per heavy atom. The number of carbonyl (C=O) groups is 1. The molecule has 0 aromatic heterocycles. The average molecular weight is 126 g/mol. The summed E-state index contributed by atoms with van der Waals surface area (Å²) >= 11 is 0. The van der Waals surface area contributed by atoms with E-state index in [1.54, 1.807) is 0 Å². The predicted octanol–water partition coefficient (Wildman–Crippen LogP) is 1.10. The molecule has 2 fully saturated rings. The third-order valence-corrected chi connectivity index (χ3v) is 2.24. The summed E-state index contributed by atoms with van der Waals surface area (Å²) in [7, 11) is 0. The average Bonchev–Trinajstić information content (AvgIpc) is 2.09. The zero-order valence-electron chi connectivity index (χ0n) is 5.30. The van der Waals surface area contributed by atoms with Crippen LogP contribution in [0.25, 0.3) is 0 Å². The molecule has 9 heavy (non-hydrogen) atoms. The lowest BCUT2D eigenvalue weighted by Crippen LogP contribution is -2.10. The molecule has 1 heterocycles. The van der Waals surface area contributed by atoms with E-state index in [1.807, 2.05) is 0 Å². The molecule has 2 bridgehead atoms. The molecule has 1 aliphatic heterocycles. The number of hydrogen-bond acceptors (Lipinski definition) is 2. The first-order valence-electron chi connectivity index (χ1n) is 3.57. The molecule has 0 aromatic rings. The van der Waals surface area contributed by atoms with Gasteiger partial charge in [-0.25, -0.2) is 0 Å². The zero-order valence-corrected chi connectivity index (χ0v) is 5.30. The highest BCUT2D eigenvalue weighted by Gasteiger charge is 2.37. The van der Waals surface area contributed by atoms with Gasteiger partial charge in [-0.3, -0.25) is 4.79 Å². The number of esters is 1. The Kier molecular flexibility index (Phi) is 1.01. The molecule has 2 rings (SSSR count). The highest BCUT2D eigenvalue weighted by Crippen LogP contribution is 2.33. The molecule has 0 unspecified atom stereocenters. The second-order valence-corrected chi connectivity index (χ2v) is 2.92. The van der Waals surface area contributed by atoms with E-state index >= 15 is 0 Å². The first-order valence-corrected chi connectivity index (χ1v) is 3.57. The van der Waals surface area contributed by atoms with Crippen LogP contribution in [-0.4, -0.2) is 12.1 Å². The molecule has 2 atom stereocenters. The molecule has 1 saturated carbocycles. The Hall–Kier alpha value is -0.530. The van der Waals surface area contributed by atoms with Gasteiger partial charge in [-0.05, 0) is 25.7 Å². The largest absolute Gasteiger partial charge is 0.462 e. The minimum atomic E-state index is 0.0532. The van der Waals surface area contributed by atoms with Crippen molar-refractivity contribution in [1.29, 1.82) is 0 Å². The normalized spacial score (nSPS) is 40.7. The lowest BCUT2D eigenvalue weighted by atomic mass is 9.90. The maximum atomic E-state index is 10.8. The summed E-state index contributed by atoms with van der Waals surface area (Å²) in [5, 5.41) is 0. The van der Waals surface area contributed by atoms with E-state index in [4.69, 9.17) is 4.74 Å². The summed E-state index contributed by atoms with van der Waals surface area (Å²) in [6.07, 6.45) is 4.63. The molecule has 0 radical (unpaired) electrons. The quantitative estimate of drug-likeness (QED) is 0.454. The van der Waals surface area contributed by atoms with Crippen molar-refractivity contribution in [3.8, 4) is 0 Å². The molecule has 1 aliphatic carbocycles. The van der Waals surface area contributed by atoms with Crippen LogP contribution in [0.2, 0.25) is 0 Å². The Bertz CT molecular complexity index is 142. The highest BCUT2D eigenvalue weighted by molar-refractivity contribution is 5.74. The Morgan fingerprint density at radius 1 is 1.44 bits per heavy atom. The first-order chi connectivity index (χ1) is 4.36. The van der Waals surface area contributed by atoms with Crippen molar-refractivity contribution < 1.29 is 9.53 Å². The maximum Gasteiger partial charge on any atom is 0.309 e. The van der Waals surface area contributed by atoms with Crippen molar-refractivity contribution in [3.05, 3.63) is 0 Å². The van der Waals surface area contributed by atoms with Gasteiger partial charge in [0.15, 0.2) is 0 Å². The molecular weight excluding hydrogens is 116 g/mol. The number of fused-ring (bicyclic) bond motifs is 2. The van der Waals surface area contributed by atoms with Crippen LogP contribution >= 0.6 is 0 Å². The van der Waals surface area contributed by atoms with Gasteiger partial charge in [-0.1, -0.05) is 0 Å². The van der Waals surface area contributed by atoms with Crippen molar-refractivity contribution in [2.45, 2.75) is 31.8 Å². The van der Waals surface area contributed by atoms with Crippen molar-refractivity contribution in [1.82, 2.24) is 0 Å². The van der Waals surface area contributed by atoms with Crippen LogP contribution in [0, 0.1) is 5.92 Å². The van der Waals surface area contributed by atoms with Crippen molar-refractivity contribution >= 4 is 5.97 Å². The summed E-state index contributed by atoms with van der Waals surface area (Å²) in [5.41, 5.74) is 0. The molecule has 50 valence electrons. The summed E-state index contributed by atoms with van der Waals surface area (Å²) < 4.78 is 5.05. The van der Waals surface area contributed by atoms with E-state index in [9.17, 15) is 4.79 Å². The standard InChI is InChI=1S/C7H10O2/c8-7-5-2-1-3-6(4-5)9-7/h5-6H,1-4H2/t5-,6+/m1/s1. The second-order valence-electron chi connectivity index (χ2n) is 2.92. The molecule has 0 spiro atoms. The highest BCUT2D eigenvalue weighted by atomic mass is 16.6. The van der Waals surface area contributed by atoms with Crippen LogP contribution < -0.4 is 0 Å². The van der Waals surface area contributed by atoms with E-state index in [2.05, 4.69) is 0 Å². The van der Waals surface area contributed by atoms with Gasteiger partial charge < -0.3 is 4.74 Å². The van der Waals surface area contributed by atoms with Gasteiger partial charge in [0.2, 0.25) is 0 Å².